The van der Waals surface area contributed by atoms with Crippen molar-refractivity contribution in [1.29, 1.82) is 0 Å². The van der Waals surface area contributed by atoms with Gasteiger partial charge in [-0.1, -0.05) is 24.3 Å². The van der Waals surface area contributed by atoms with E-state index in [-0.39, 0.29) is 29.4 Å². The number of sulfonamides is 1. The maximum absolute atomic E-state index is 13.8. The van der Waals surface area contributed by atoms with E-state index in [2.05, 4.69) is 0 Å². The number of carboxylic acid groups (broad SMARTS) is 1. The van der Waals surface area contributed by atoms with E-state index in [1.54, 1.807) is 48.5 Å². The maximum Gasteiger partial charge on any atom is 0.353 e. The van der Waals surface area contributed by atoms with Gasteiger partial charge in [0, 0.05) is 11.1 Å². The molecule has 0 saturated carbocycles. The van der Waals surface area contributed by atoms with Crippen molar-refractivity contribution in [3.05, 3.63) is 77.0 Å². The first-order valence-corrected chi connectivity index (χ1v) is 12.5. The lowest BCUT2D eigenvalue weighted by atomic mass is 9.94. The van der Waals surface area contributed by atoms with Crippen LogP contribution in [0, 0.1) is 0 Å². The van der Waals surface area contributed by atoms with Crippen LogP contribution in [-0.2, 0) is 21.4 Å². The second-order valence-electron chi connectivity index (χ2n) is 8.14. The van der Waals surface area contributed by atoms with Crippen LogP contribution in [-0.4, -0.2) is 51.9 Å². The number of ether oxygens (including phenoxy) is 5. The van der Waals surface area contributed by atoms with Crippen LogP contribution in [0.5, 0.6) is 28.7 Å². The number of hydrogen-bond acceptors (Lipinski definition) is 8. The minimum absolute atomic E-state index is 0.0236. The first-order valence-electron chi connectivity index (χ1n) is 11.1. The van der Waals surface area contributed by atoms with E-state index in [0.29, 0.717) is 39.9 Å². The summed E-state index contributed by atoms with van der Waals surface area (Å²) in [6.07, 6.45) is 0. The van der Waals surface area contributed by atoms with Crippen LogP contribution in [0.1, 0.15) is 16.7 Å². The molecule has 3 aromatic carbocycles. The minimum atomic E-state index is -4.24. The molecule has 37 heavy (non-hydrogen) atoms. The number of fused-ring (bicyclic) bond motifs is 2. The summed E-state index contributed by atoms with van der Waals surface area (Å²) >= 11 is 0. The third-order valence-corrected chi connectivity index (χ3v) is 7.93. The van der Waals surface area contributed by atoms with Crippen molar-refractivity contribution in [3.8, 4) is 28.7 Å². The van der Waals surface area contributed by atoms with Crippen LogP contribution in [0.4, 0.5) is 0 Å². The van der Waals surface area contributed by atoms with E-state index in [1.807, 2.05) is 0 Å². The number of hydrogen-bond donors (Lipinski definition) is 1. The highest BCUT2D eigenvalue weighted by Gasteiger charge is 2.41. The van der Waals surface area contributed by atoms with Gasteiger partial charge >= 0.3 is 5.97 Å². The van der Waals surface area contributed by atoms with Gasteiger partial charge in [0.05, 0.1) is 32.8 Å². The number of rotatable bonds is 7. The molecule has 0 unspecified atom stereocenters. The number of carbonyl (C=O) groups is 1. The highest BCUT2D eigenvalue weighted by molar-refractivity contribution is 7.89. The molecule has 3 aromatic rings. The topological polar surface area (TPSA) is 121 Å². The largest absolute Gasteiger partial charge is 0.493 e. The zero-order chi connectivity index (χ0) is 26.3. The van der Waals surface area contributed by atoms with Gasteiger partial charge in [0.25, 0.3) is 10.0 Å². The van der Waals surface area contributed by atoms with Crippen molar-refractivity contribution in [2.24, 2.45) is 0 Å². The molecule has 0 fully saturated rings. The average Bonchev–Trinajstić information content (AvgIpc) is 3.37. The predicted octanol–water partition coefficient (Wildman–Crippen LogP) is 3.49. The first kappa shape index (κ1) is 24.3. The Morgan fingerprint density at radius 1 is 0.946 bits per heavy atom. The van der Waals surface area contributed by atoms with Gasteiger partial charge in [-0.05, 0) is 41.5 Å². The fourth-order valence-corrected chi connectivity index (χ4v) is 6.15. The van der Waals surface area contributed by atoms with Crippen LogP contribution in [0.15, 0.2) is 65.2 Å². The molecule has 2 aliphatic heterocycles. The van der Waals surface area contributed by atoms with Gasteiger partial charge in [-0.2, -0.15) is 0 Å². The molecule has 5 rings (SSSR count). The fraction of sp³-hybridized carbons (Fsp3) is 0.192. The Labute approximate surface area is 213 Å². The summed E-state index contributed by atoms with van der Waals surface area (Å²) in [7, 11) is 0.103. The van der Waals surface area contributed by atoms with E-state index in [9.17, 15) is 18.3 Å². The lowest BCUT2D eigenvalue weighted by Crippen LogP contribution is -2.37. The van der Waals surface area contributed by atoms with Crippen LogP contribution in [0.3, 0.4) is 0 Å². The second kappa shape index (κ2) is 9.25. The van der Waals surface area contributed by atoms with Crippen molar-refractivity contribution in [2.45, 2.75) is 11.4 Å². The van der Waals surface area contributed by atoms with Gasteiger partial charge in [0.2, 0.25) is 12.5 Å². The minimum Gasteiger partial charge on any atom is -0.493 e. The number of aliphatic carboxylic acids is 1. The van der Waals surface area contributed by atoms with Crippen molar-refractivity contribution in [1.82, 2.24) is 4.31 Å². The Hall–Kier alpha value is -4.38. The predicted molar refractivity (Wildman–Crippen MR) is 131 cm³/mol. The van der Waals surface area contributed by atoms with Gasteiger partial charge < -0.3 is 28.8 Å². The van der Waals surface area contributed by atoms with E-state index in [0.717, 1.165) is 4.31 Å². The molecule has 0 atom stereocenters. The lowest BCUT2D eigenvalue weighted by molar-refractivity contribution is -0.133. The van der Waals surface area contributed by atoms with Crippen molar-refractivity contribution < 1.29 is 42.0 Å². The van der Waals surface area contributed by atoms with Crippen LogP contribution < -0.4 is 23.7 Å². The van der Waals surface area contributed by atoms with Gasteiger partial charge in [-0.3, -0.25) is 4.31 Å². The van der Waals surface area contributed by atoms with Crippen molar-refractivity contribution >= 4 is 21.6 Å². The highest BCUT2D eigenvalue weighted by atomic mass is 32.2. The van der Waals surface area contributed by atoms with E-state index < -0.39 is 21.7 Å². The average molecular weight is 526 g/mol. The highest BCUT2D eigenvalue weighted by Crippen LogP contribution is 2.46. The van der Waals surface area contributed by atoms with Crippen LogP contribution >= 0.6 is 0 Å². The molecule has 0 bridgehead atoms. The smallest absolute Gasteiger partial charge is 0.353 e. The zero-order valence-electron chi connectivity index (χ0n) is 20.2. The quantitative estimate of drug-likeness (QED) is 0.494. The molecule has 0 spiro atoms. The van der Waals surface area contributed by atoms with Crippen molar-refractivity contribution in [3.63, 3.8) is 0 Å². The number of nitrogens with zero attached hydrogens (tertiary/aromatic N) is 1. The molecule has 10 nitrogen and oxygen atoms in total. The summed E-state index contributed by atoms with van der Waals surface area (Å²) in [6, 6.07) is 14.4. The van der Waals surface area contributed by atoms with Crippen LogP contribution in [0.25, 0.3) is 5.57 Å². The third-order valence-electron chi connectivity index (χ3n) is 6.13. The molecule has 0 aromatic heterocycles. The van der Waals surface area contributed by atoms with E-state index in [1.165, 1.54) is 27.4 Å². The summed E-state index contributed by atoms with van der Waals surface area (Å²) in [4.78, 5) is 12.7. The fourth-order valence-electron chi connectivity index (χ4n) is 4.49. The molecule has 0 radical (unpaired) electrons. The van der Waals surface area contributed by atoms with E-state index in [4.69, 9.17) is 23.7 Å². The van der Waals surface area contributed by atoms with Crippen molar-refractivity contribution in [2.75, 3.05) is 28.1 Å². The lowest BCUT2D eigenvalue weighted by Gasteiger charge is -2.33. The molecule has 2 heterocycles. The molecule has 0 saturated heterocycles. The summed E-state index contributed by atoms with van der Waals surface area (Å²) in [5, 5.41) is 10.4. The summed E-state index contributed by atoms with van der Waals surface area (Å²) in [5.41, 5.74) is 0.930. The normalized spacial score (nSPS) is 15.3. The summed E-state index contributed by atoms with van der Waals surface area (Å²) in [5.74, 6) is 0.480. The number of benzene rings is 3. The molecule has 11 heteroatoms. The van der Waals surface area contributed by atoms with Gasteiger partial charge in [0.1, 0.15) is 5.70 Å². The Kier molecular flexibility index (Phi) is 6.08. The van der Waals surface area contributed by atoms with Gasteiger partial charge in [-0.15, -0.1) is 0 Å². The third kappa shape index (κ3) is 3.97. The Bertz CT molecular complexity index is 1520. The molecule has 0 amide bonds. The molecular weight excluding hydrogens is 502 g/mol. The monoisotopic (exact) mass is 525 g/mol. The molecular formula is C26H23NO9S. The Balaban J connectivity index is 1.78. The van der Waals surface area contributed by atoms with Crippen LogP contribution in [0.2, 0.25) is 0 Å². The van der Waals surface area contributed by atoms with Gasteiger partial charge in [0.15, 0.2) is 23.0 Å². The standard InChI is InChI=1S/C26H23NO9S/c1-32-20-11-16(12-21(33-2)25(20)34-3)23-17-6-4-5-7-22(17)37(30,31)27(24(23)26(28)29)13-15-8-9-18-19(10-15)36-14-35-18/h4-12H,13-14H2,1-3H3,(H,28,29). The Morgan fingerprint density at radius 2 is 1.62 bits per heavy atom. The number of methoxy groups -OCH3 is 3. The zero-order valence-corrected chi connectivity index (χ0v) is 21.0. The summed E-state index contributed by atoms with van der Waals surface area (Å²) in [6.45, 7) is -0.192. The van der Waals surface area contributed by atoms with Gasteiger partial charge in [-0.25, -0.2) is 13.2 Å². The molecule has 0 aliphatic carbocycles. The molecule has 1 N–H and O–H groups in total. The number of carboxylic acids is 1. The summed E-state index contributed by atoms with van der Waals surface area (Å²) < 4.78 is 55.6. The maximum atomic E-state index is 13.8. The van der Waals surface area contributed by atoms with E-state index >= 15 is 0 Å². The molecule has 2 aliphatic rings. The first-order chi connectivity index (χ1) is 17.8. The SMILES string of the molecule is COc1cc(C2=C(C(=O)O)N(Cc3ccc4c(c3)OCO4)S(=O)(=O)c3ccccc32)cc(OC)c1OC. The second-order valence-corrected chi connectivity index (χ2v) is 9.97. The molecule has 192 valence electrons. The Morgan fingerprint density at radius 3 is 2.27 bits per heavy atom.